The van der Waals surface area contributed by atoms with E-state index in [-0.39, 0.29) is 0 Å². The minimum absolute atomic E-state index is 0.362. The largest absolute Gasteiger partial charge is 0.307 e. The van der Waals surface area contributed by atoms with Crippen molar-refractivity contribution in [2.24, 2.45) is 0 Å². The number of hydrogen-bond acceptors (Lipinski definition) is 3. The summed E-state index contributed by atoms with van der Waals surface area (Å²) < 4.78 is 0. The van der Waals surface area contributed by atoms with Crippen LogP contribution in [0.5, 0.6) is 0 Å². The van der Waals surface area contributed by atoms with E-state index >= 15 is 0 Å². The Morgan fingerprint density at radius 3 is 3.20 bits per heavy atom. The van der Waals surface area contributed by atoms with Crippen LogP contribution in [0.2, 0.25) is 0 Å². The Balaban J connectivity index is 1.78. The Kier molecular flexibility index (Phi) is 3.38. The molecule has 2 atom stereocenters. The maximum Gasteiger partial charge on any atom is 0.0518 e. The lowest BCUT2D eigenvalue weighted by Gasteiger charge is -2.22. The molecule has 0 bridgehead atoms. The summed E-state index contributed by atoms with van der Waals surface area (Å²) in [5.41, 5.74) is 1.16. The molecule has 15 heavy (non-hydrogen) atoms. The van der Waals surface area contributed by atoms with Gasteiger partial charge in [-0.05, 0) is 39.4 Å². The van der Waals surface area contributed by atoms with Gasteiger partial charge in [0, 0.05) is 24.8 Å². The normalized spacial score (nSPS) is 24.5. The Bertz CT molecular complexity index is 283. The van der Waals surface area contributed by atoms with Crippen molar-refractivity contribution in [3.63, 3.8) is 0 Å². The number of H-pyrrole nitrogens is 1. The van der Waals surface area contributed by atoms with Gasteiger partial charge in [-0.1, -0.05) is 0 Å². The third-order valence-corrected chi connectivity index (χ3v) is 3.32. The minimum atomic E-state index is 0.362. The third kappa shape index (κ3) is 2.58. The first-order valence-electron chi connectivity index (χ1n) is 5.70. The van der Waals surface area contributed by atoms with Crippen molar-refractivity contribution in [2.75, 3.05) is 20.1 Å². The first-order chi connectivity index (χ1) is 7.27. The molecule has 2 N–H and O–H groups in total. The number of nitrogens with one attached hydrogen (secondary N) is 2. The molecule has 1 saturated heterocycles. The van der Waals surface area contributed by atoms with Gasteiger partial charge in [-0.2, -0.15) is 5.10 Å². The second kappa shape index (κ2) is 4.77. The Morgan fingerprint density at radius 1 is 1.73 bits per heavy atom. The van der Waals surface area contributed by atoms with Gasteiger partial charge in [0.05, 0.1) is 5.69 Å². The smallest absolute Gasteiger partial charge is 0.0518 e. The SMILES string of the molecule is CC(NCC1CCCN1C)c1ccn[nH]1. The fraction of sp³-hybridized carbons (Fsp3) is 0.727. The summed E-state index contributed by atoms with van der Waals surface area (Å²) in [4.78, 5) is 2.44. The van der Waals surface area contributed by atoms with Crippen LogP contribution in [0.4, 0.5) is 0 Å². The van der Waals surface area contributed by atoms with Gasteiger partial charge in [-0.15, -0.1) is 0 Å². The molecular weight excluding hydrogens is 188 g/mol. The highest BCUT2D eigenvalue weighted by atomic mass is 15.2. The van der Waals surface area contributed by atoms with Crippen LogP contribution in [0.25, 0.3) is 0 Å². The Hall–Kier alpha value is -0.870. The highest BCUT2D eigenvalue weighted by Gasteiger charge is 2.21. The average Bonchev–Trinajstić information content (AvgIpc) is 2.85. The van der Waals surface area contributed by atoms with Crippen LogP contribution < -0.4 is 5.32 Å². The van der Waals surface area contributed by atoms with Crippen molar-refractivity contribution < 1.29 is 0 Å². The van der Waals surface area contributed by atoms with Gasteiger partial charge in [-0.25, -0.2) is 0 Å². The van der Waals surface area contributed by atoms with E-state index in [4.69, 9.17) is 0 Å². The Labute approximate surface area is 91.1 Å². The van der Waals surface area contributed by atoms with Crippen molar-refractivity contribution >= 4 is 0 Å². The molecule has 0 saturated carbocycles. The number of nitrogens with zero attached hydrogens (tertiary/aromatic N) is 2. The topological polar surface area (TPSA) is 44.0 Å². The predicted molar refractivity (Wildman–Crippen MR) is 60.7 cm³/mol. The van der Waals surface area contributed by atoms with Crippen LogP contribution >= 0.6 is 0 Å². The number of likely N-dealkylation sites (tertiary alicyclic amines) is 1. The zero-order chi connectivity index (χ0) is 10.7. The summed E-state index contributed by atoms with van der Waals surface area (Å²) in [5.74, 6) is 0. The molecule has 2 heterocycles. The van der Waals surface area contributed by atoms with Crippen molar-refractivity contribution in [2.45, 2.75) is 31.8 Å². The molecule has 0 amide bonds. The number of aromatic amines is 1. The van der Waals surface area contributed by atoms with Crippen LogP contribution in [0.3, 0.4) is 0 Å². The molecule has 0 aliphatic carbocycles. The van der Waals surface area contributed by atoms with E-state index in [0.717, 1.165) is 12.2 Å². The maximum absolute atomic E-state index is 3.96. The molecule has 0 spiro atoms. The van der Waals surface area contributed by atoms with Crippen molar-refractivity contribution in [3.8, 4) is 0 Å². The van der Waals surface area contributed by atoms with Crippen LogP contribution in [0, 0.1) is 0 Å². The molecular formula is C11H20N4. The van der Waals surface area contributed by atoms with Crippen molar-refractivity contribution in [1.82, 2.24) is 20.4 Å². The second-order valence-electron chi connectivity index (χ2n) is 4.42. The average molecular weight is 208 g/mol. The quantitative estimate of drug-likeness (QED) is 0.780. The Morgan fingerprint density at radius 2 is 2.60 bits per heavy atom. The molecule has 1 aromatic rings. The first kappa shape index (κ1) is 10.6. The molecule has 0 radical (unpaired) electrons. The third-order valence-electron chi connectivity index (χ3n) is 3.32. The van der Waals surface area contributed by atoms with Gasteiger partial charge in [0.2, 0.25) is 0 Å². The monoisotopic (exact) mass is 208 g/mol. The first-order valence-corrected chi connectivity index (χ1v) is 5.70. The van der Waals surface area contributed by atoms with Gasteiger partial charge >= 0.3 is 0 Å². The van der Waals surface area contributed by atoms with Crippen LogP contribution in [0.15, 0.2) is 12.3 Å². The lowest BCUT2D eigenvalue weighted by Crippen LogP contribution is -2.36. The maximum atomic E-state index is 3.96. The molecule has 4 nitrogen and oxygen atoms in total. The van der Waals surface area contributed by atoms with E-state index in [0.29, 0.717) is 12.1 Å². The molecule has 1 aliphatic heterocycles. The lowest BCUT2D eigenvalue weighted by molar-refractivity contribution is 0.293. The molecule has 0 aromatic carbocycles. The molecule has 2 rings (SSSR count). The van der Waals surface area contributed by atoms with Gasteiger partial charge < -0.3 is 10.2 Å². The van der Waals surface area contributed by atoms with E-state index in [2.05, 4.69) is 34.4 Å². The molecule has 2 unspecified atom stereocenters. The van der Waals surface area contributed by atoms with Crippen LogP contribution in [-0.4, -0.2) is 41.3 Å². The van der Waals surface area contributed by atoms with Gasteiger partial charge in [0.15, 0.2) is 0 Å². The number of aromatic nitrogens is 2. The molecule has 4 heteroatoms. The number of rotatable bonds is 4. The summed E-state index contributed by atoms with van der Waals surface area (Å²) >= 11 is 0. The zero-order valence-corrected chi connectivity index (χ0v) is 9.53. The van der Waals surface area contributed by atoms with E-state index < -0.39 is 0 Å². The van der Waals surface area contributed by atoms with Crippen molar-refractivity contribution in [1.29, 1.82) is 0 Å². The van der Waals surface area contributed by atoms with E-state index in [9.17, 15) is 0 Å². The summed E-state index contributed by atoms with van der Waals surface area (Å²) in [6, 6.07) is 3.09. The minimum Gasteiger partial charge on any atom is -0.307 e. The summed E-state index contributed by atoms with van der Waals surface area (Å²) in [7, 11) is 2.21. The standard InChI is InChI=1S/C11H20N4/c1-9(11-5-6-13-14-11)12-8-10-4-3-7-15(10)2/h5-6,9-10,12H,3-4,7-8H2,1-2H3,(H,13,14). The van der Waals surface area contributed by atoms with Gasteiger partial charge in [0.25, 0.3) is 0 Å². The van der Waals surface area contributed by atoms with Crippen LogP contribution in [0.1, 0.15) is 31.5 Å². The summed E-state index contributed by atoms with van der Waals surface area (Å²) in [6.45, 7) is 4.48. The van der Waals surface area contributed by atoms with E-state index in [1.165, 1.54) is 19.4 Å². The fourth-order valence-electron chi connectivity index (χ4n) is 2.17. The fourth-order valence-corrected chi connectivity index (χ4v) is 2.17. The molecule has 1 aromatic heterocycles. The highest BCUT2D eigenvalue weighted by molar-refractivity contribution is 5.03. The van der Waals surface area contributed by atoms with Crippen molar-refractivity contribution in [3.05, 3.63) is 18.0 Å². The highest BCUT2D eigenvalue weighted by Crippen LogP contribution is 2.15. The zero-order valence-electron chi connectivity index (χ0n) is 9.53. The van der Waals surface area contributed by atoms with Crippen LogP contribution in [-0.2, 0) is 0 Å². The van der Waals surface area contributed by atoms with E-state index in [1.807, 2.05) is 6.07 Å². The van der Waals surface area contributed by atoms with Gasteiger partial charge in [0.1, 0.15) is 0 Å². The van der Waals surface area contributed by atoms with E-state index in [1.54, 1.807) is 6.20 Å². The van der Waals surface area contributed by atoms with Gasteiger partial charge in [-0.3, -0.25) is 5.10 Å². The summed E-state index contributed by atoms with van der Waals surface area (Å²) in [6.07, 6.45) is 4.45. The molecule has 1 fully saturated rings. The predicted octanol–water partition coefficient (Wildman–Crippen LogP) is 1.15. The summed E-state index contributed by atoms with van der Waals surface area (Å²) in [5, 5.41) is 10.5. The molecule has 1 aliphatic rings. The molecule has 84 valence electrons. The number of hydrogen-bond donors (Lipinski definition) is 2. The second-order valence-corrected chi connectivity index (χ2v) is 4.42. The number of likely N-dealkylation sites (N-methyl/N-ethyl adjacent to an activating group) is 1. The lowest BCUT2D eigenvalue weighted by atomic mass is 10.2.